The van der Waals surface area contributed by atoms with Crippen molar-refractivity contribution in [2.24, 2.45) is 0 Å². The molecule has 1 aromatic carbocycles. The van der Waals surface area contributed by atoms with Crippen LogP contribution in [-0.4, -0.2) is 67.3 Å². The smallest absolute Gasteiger partial charge is 0.250 e. The van der Waals surface area contributed by atoms with Gasteiger partial charge in [-0.15, -0.1) is 0 Å². The first kappa shape index (κ1) is 20.0. The molecule has 1 atom stereocenters. The number of methoxy groups -OCH3 is 1. The first-order valence-electron chi connectivity index (χ1n) is 10.2. The summed E-state index contributed by atoms with van der Waals surface area (Å²) in [6.45, 7) is 4.04. The van der Waals surface area contributed by atoms with Gasteiger partial charge in [-0.25, -0.2) is 13.2 Å². The average Bonchev–Trinajstić information content (AvgIpc) is 2.65. The van der Waals surface area contributed by atoms with Crippen molar-refractivity contribution in [3.8, 4) is 5.75 Å². The first-order valence-corrected chi connectivity index (χ1v) is 10.2. The van der Waals surface area contributed by atoms with Crippen molar-refractivity contribution in [1.82, 2.24) is 9.80 Å². The van der Waals surface area contributed by atoms with E-state index in [4.69, 9.17) is 9.47 Å². The highest BCUT2D eigenvalue weighted by Crippen LogP contribution is 2.42. The molecule has 7 heteroatoms. The summed E-state index contributed by atoms with van der Waals surface area (Å²) in [5.74, 6) is -2.19. The van der Waals surface area contributed by atoms with E-state index in [1.165, 1.54) is 13.2 Å². The standard InChI is InChI=1S/C21H29F3N2O2/c1-27-17-3-2-16(19(22)12-17)14-25-8-4-20(5-9-25)13-18(28-20)15-26-10-6-21(23,24)7-11-26/h2-3,12,18H,4-11,13-15H2,1H3. The lowest BCUT2D eigenvalue weighted by Crippen LogP contribution is -2.59. The normalized spacial score (nSPS) is 27.5. The van der Waals surface area contributed by atoms with Gasteiger partial charge in [-0.1, -0.05) is 6.07 Å². The fraction of sp³-hybridized carbons (Fsp3) is 0.714. The third-order valence-corrected chi connectivity index (χ3v) is 6.49. The molecule has 1 unspecified atom stereocenters. The van der Waals surface area contributed by atoms with Crippen LogP contribution in [0.3, 0.4) is 0 Å². The third-order valence-electron chi connectivity index (χ3n) is 6.49. The van der Waals surface area contributed by atoms with Crippen LogP contribution in [0.4, 0.5) is 13.2 Å². The average molecular weight is 398 g/mol. The summed E-state index contributed by atoms with van der Waals surface area (Å²) >= 11 is 0. The van der Waals surface area contributed by atoms with E-state index in [9.17, 15) is 13.2 Å². The minimum atomic E-state index is -2.49. The molecule has 3 saturated heterocycles. The minimum Gasteiger partial charge on any atom is -0.497 e. The molecule has 0 bridgehead atoms. The monoisotopic (exact) mass is 398 g/mol. The molecule has 0 amide bonds. The molecule has 3 heterocycles. The molecule has 3 aliphatic rings. The van der Waals surface area contributed by atoms with Crippen LogP contribution < -0.4 is 4.74 Å². The zero-order valence-electron chi connectivity index (χ0n) is 16.4. The molecule has 3 aliphatic heterocycles. The number of rotatable bonds is 5. The predicted molar refractivity (Wildman–Crippen MR) is 100 cm³/mol. The summed E-state index contributed by atoms with van der Waals surface area (Å²) in [6, 6.07) is 5.01. The lowest BCUT2D eigenvalue weighted by Gasteiger charge is -2.53. The molecular formula is C21H29F3N2O2. The minimum absolute atomic E-state index is 0.0399. The molecule has 0 saturated carbocycles. The van der Waals surface area contributed by atoms with Crippen molar-refractivity contribution in [3.05, 3.63) is 29.6 Å². The number of piperidine rings is 2. The fourth-order valence-corrected chi connectivity index (χ4v) is 4.68. The molecule has 1 spiro atoms. The number of hydrogen-bond donors (Lipinski definition) is 0. The van der Waals surface area contributed by atoms with E-state index in [1.54, 1.807) is 12.1 Å². The van der Waals surface area contributed by atoms with Crippen molar-refractivity contribution in [2.75, 3.05) is 39.8 Å². The Hall–Kier alpha value is -1.31. The zero-order valence-corrected chi connectivity index (χ0v) is 16.4. The van der Waals surface area contributed by atoms with Crippen LogP contribution in [0.15, 0.2) is 18.2 Å². The van der Waals surface area contributed by atoms with Crippen molar-refractivity contribution in [2.45, 2.75) is 56.3 Å². The van der Waals surface area contributed by atoms with E-state index < -0.39 is 5.92 Å². The Morgan fingerprint density at radius 2 is 1.71 bits per heavy atom. The van der Waals surface area contributed by atoms with E-state index in [0.717, 1.165) is 38.9 Å². The quantitative estimate of drug-likeness (QED) is 0.755. The summed E-state index contributed by atoms with van der Waals surface area (Å²) in [7, 11) is 1.53. The van der Waals surface area contributed by atoms with Gasteiger partial charge in [0.2, 0.25) is 0 Å². The van der Waals surface area contributed by atoms with Crippen LogP contribution >= 0.6 is 0 Å². The van der Waals surface area contributed by atoms with Crippen LogP contribution in [0.5, 0.6) is 5.75 Å². The van der Waals surface area contributed by atoms with Gasteiger partial charge in [0.05, 0.1) is 18.8 Å². The number of ether oxygens (including phenoxy) is 2. The van der Waals surface area contributed by atoms with Crippen molar-refractivity contribution in [1.29, 1.82) is 0 Å². The summed E-state index contributed by atoms with van der Waals surface area (Å²) in [5.41, 5.74) is 0.630. The van der Waals surface area contributed by atoms with Crippen molar-refractivity contribution >= 4 is 0 Å². The van der Waals surface area contributed by atoms with E-state index in [1.807, 2.05) is 0 Å². The van der Waals surface area contributed by atoms with Gasteiger partial charge >= 0.3 is 0 Å². The second-order valence-corrected chi connectivity index (χ2v) is 8.52. The molecule has 1 aromatic rings. The predicted octanol–water partition coefficient (Wildman–Crippen LogP) is 3.69. The number of benzene rings is 1. The zero-order chi connectivity index (χ0) is 19.8. The van der Waals surface area contributed by atoms with Gasteiger partial charge < -0.3 is 14.4 Å². The number of alkyl halides is 2. The van der Waals surface area contributed by atoms with Gasteiger partial charge in [-0.2, -0.15) is 0 Å². The fourth-order valence-electron chi connectivity index (χ4n) is 4.68. The summed E-state index contributed by atoms with van der Waals surface area (Å²) in [5, 5.41) is 0. The summed E-state index contributed by atoms with van der Waals surface area (Å²) in [4.78, 5) is 4.37. The molecule has 0 aromatic heterocycles. The van der Waals surface area contributed by atoms with Crippen LogP contribution in [0.2, 0.25) is 0 Å². The lowest BCUT2D eigenvalue weighted by atomic mass is 9.80. The first-order chi connectivity index (χ1) is 13.4. The SMILES string of the molecule is COc1ccc(CN2CCC3(CC2)CC(CN2CCC(F)(F)CC2)O3)c(F)c1. The highest BCUT2D eigenvalue weighted by atomic mass is 19.3. The second-order valence-electron chi connectivity index (χ2n) is 8.52. The van der Waals surface area contributed by atoms with E-state index in [-0.39, 0.29) is 30.4 Å². The van der Waals surface area contributed by atoms with Gasteiger partial charge in [0.1, 0.15) is 11.6 Å². The molecule has 156 valence electrons. The summed E-state index contributed by atoms with van der Waals surface area (Å²) in [6.07, 6.45) is 2.98. The molecular weight excluding hydrogens is 369 g/mol. The van der Waals surface area contributed by atoms with Gasteiger partial charge in [0, 0.05) is 70.2 Å². The number of hydrogen-bond acceptors (Lipinski definition) is 4. The largest absolute Gasteiger partial charge is 0.497 e. The Kier molecular flexibility index (Phi) is 5.60. The van der Waals surface area contributed by atoms with Crippen LogP contribution in [0.25, 0.3) is 0 Å². The lowest BCUT2D eigenvalue weighted by molar-refractivity contribution is -0.232. The second kappa shape index (κ2) is 7.84. The Morgan fingerprint density at radius 3 is 2.32 bits per heavy atom. The van der Waals surface area contributed by atoms with Crippen LogP contribution in [0.1, 0.15) is 37.7 Å². The number of halogens is 3. The highest BCUT2D eigenvalue weighted by molar-refractivity contribution is 5.28. The van der Waals surface area contributed by atoms with Gasteiger partial charge in [-0.3, -0.25) is 4.90 Å². The Labute approximate surface area is 164 Å². The van der Waals surface area contributed by atoms with Crippen molar-refractivity contribution in [3.63, 3.8) is 0 Å². The topological polar surface area (TPSA) is 24.9 Å². The maximum atomic E-state index is 14.2. The maximum absolute atomic E-state index is 14.2. The summed E-state index contributed by atoms with van der Waals surface area (Å²) < 4.78 is 52.0. The molecule has 0 aliphatic carbocycles. The Morgan fingerprint density at radius 1 is 1.07 bits per heavy atom. The van der Waals surface area contributed by atoms with Gasteiger partial charge in [0.25, 0.3) is 5.92 Å². The molecule has 3 fully saturated rings. The highest BCUT2D eigenvalue weighted by Gasteiger charge is 2.48. The number of nitrogens with zero attached hydrogens (tertiary/aromatic N) is 2. The Balaban J connectivity index is 1.20. The van der Waals surface area contributed by atoms with Gasteiger partial charge in [0.15, 0.2) is 0 Å². The molecule has 4 rings (SSSR count). The maximum Gasteiger partial charge on any atom is 0.250 e. The third kappa shape index (κ3) is 4.47. The Bertz CT molecular complexity index is 674. The number of likely N-dealkylation sites (tertiary alicyclic amines) is 2. The van der Waals surface area contributed by atoms with E-state index in [0.29, 0.717) is 30.9 Å². The molecule has 4 nitrogen and oxygen atoms in total. The molecule has 0 radical (unpaired) electrons. The van der Waals surface area contributed by atoms with Crippen LogP contribution in [-0.2, 0) is 11.3 Å². The van der Waals surface area contributed by atoms with Gasteiger partial charge in [-0.05, 0) is 18.9 Å². The molecule has 0 N–H and O–H groups in total. The van der Waals surface area contributed by atoms with E-state index >= 15 is 0 Å². The van der Waals surface area contributed by atoms with Crippen molar-refractivity contribution < 1.29 is 22.6 Å². The molecule has 28 heavy (non-hydrogen) atoms. The van der Waals surface area contributed by atoms with E-state index in [2.05, 4.69) is 9.80 Å². The van der Waals surface area contributed by atoms with Crippen LogP contribution in [0, 0.1) is 5.82 Å².